The molecule has 2 rings (SSSR count). The molecule has 2 nitrogen and oxygen atoms in total. The molecule has 2 aromatic carbocycles. The number of ketones is 1. The van der Waals surface area contributed by atoms with Crippen molar-refractivity contribution in [1.82, 2.24) is 0 Å². The van der Waals surface area contributed by atoms with Crippen LogP contribution in [0.15, 0.2) is 65.6 Å². The summed E-state index contributed by atoms with van der Waals surface area (Å²) in [5, 5.41) is 0. The van der Waals surface area contributed by atoms with Crippen molar-refractivity contribution in [2.24, 2.45) is 0 Å². The largest absolute Gasteiger partial charge is 0.362 e. The lowest BCUT2D eigenvalue weighted by molar-refractivity contribution is 0.0794. The van der Waals surface area contributed by atoms with Crippen molar-refractivity contribution >= 4 is 17.5 Å². The third-order valence-electron chi connectivity index (χ3n) is 2.47. The highest BCUT2D eigenvalue weighted by molar-refractivity contribution is 8.00. The Morgan fingerprint density at radius 2 is 1.56 bits per heavy atom. The van der Waals surface area contributed by atoms with Gasteiger partial charge >= 0.3 is 0 Å². The summed E-state index contributed by atoms with van der Waals surface area (Å²) in [5.41, 5.74) is 0.169. The monoisotopic (exact) mass is 258 g/mol. The Balaban J connectivity index is 2.12. The summed E-state index contributed by atoms with van der Waals surface area (Å²) in [7, 11) is 1.56. The van der Waals surface area contributed by atoms with E-state index in [1.165, 1.54) is 11.8 Å². The zero-order valence-electron chi connectivity index (χ0n) is 10.1. The molecular weight excluding hydrogens is 244 g/mol. The number of carbonyl (C=O) groups is 1. The molecule has 0 radical (unpaired) electrons. The second-order valence-corrected chi connectivity index (χ2v) is 4.86. The molecular formula is C15H14O2S. The van der Waals surface area contributed by atoms with E-state index < -0.39 is 5.44 Å². The van der Waals surface area contributed by atoms with E-state index in [1.807, 2.05) is 48.5 Å². The molecule has 0 aromatic heterocycles. The van der Waals surface area contributed by atoms with E-state index in [1.54, 1.807) is 19.2 Å². The molecule has 0 aliphatic carbocycles. The molecule has 2 aromatic rings. The minimum Gasteiger partial charge on any atom is -0.362 e. The minimum absolute atomic E-state index is 0.00745. The van der Waals surface area contributed by atoms with E-state index >= 15 is 0 Å². The van der Waals surface area contributed by atoms with Gasteiger partial charge < -0.3 is 4.74 Å². The van der Waals surface area contributed by atoms with Crippen molar-refractivity contribution in [2.45, 2.75) is 10.3 Å². The maximum atomic E-state index is 12.2. The van der Waals surface area contributed by atoms with Crippen molar-refractivity contribution in [2.75, 3.05) is 7.11 Å². The van der Waals surface area contributed by atoms with E-state index in [-0.39, 0.29) is 5.78 Å². The van der Waals surface area contributed by atoms with Gasteiger partial charge in [0.05, 0.1) is 0 Å². The summed E-state index contributed by atoms with van der Waals surface area (Å²) in [6.45, 7) is 0. The van der Waals surface area contributed by atoms with Gasteiger partial charge in [0.1, 0.15) is 0 Å². The summed E-state index contributed by atoms with van der Waals surface area (Å²) in [6, 6.07) is 19.0. The predicted molar refractivity (Wildman–Crippen MR) is 73.9 cm³/mol. The van der Waals surface area contributed by atoms with Crippen molar-refractivity contribution in [3.63, 3.8) is 0 Å². The molecule has 1 atom stereocenters. The fourth-order valence-corrected chi connectivity index (χ4v) is 2.47. The van der Waals surface area contributed by atoms with Crippen LogP contribution in [-0.2, 0) is 4.74 Å². The second-order valence-electron chi connectivity index (χ2n) is 3.73. The minimum atomic E-state index is -0.505. The molecule has 0 aliphatic heterocycles. The number of hydrogen-bond acceptors (Lipinski definition) is 3. The van der Waals surface area contributed by atoms with Gasteiger partial charge in [0.15, 0.2) is 5.44 Å². The Morgan fingerprint density at radius 1 is 1.00 bits per heavy atom. The first-order chi connectivity index (χ1) is 8.81. The Labute approximate surface area is 111 Å². The third kappa shape index (κ3) is 3.22. The molecule has 0 spiro atoms. The number of thioether (sulfide) groups is 1. The van der Waals surface area contributed by atoms with Crippen LogP contribution in [0.3, 0.4) is 0 Å². The molecule has 0 heterocycles. The molecule has 0 saturated heterocycles. The van der Waals surface area contributed by atoms with E-state index in [2.05, 4.69) is 0 Å². The third-order valence-corrected chi connectivity index (χ3v) is 3.64. The van der Waals surface area contributed by atoms with Crippen LogP contribution in [0.1, 0.15) is 10.4 Å². The van der Waals surface area contributed by atoms with Gasteiger partial charge in [-0.05, 0) is 12.1 Å². The summed E-state index contributed by atoms with van der Waals surface area (Å²) >= 11 is 1.42. The summed E-state index contributed by atoms with van der Waals surface area (Å²) in [6.07, 6.45) is 0. The van der Waals surface area contributed by atoms with Crippen LogP contribution < -0.4 is 0 Å². The summed E-state index contributed by atoms with van der Waals surface area (Å²) in [5.74, 6) is -0.00745. The average Bonchev–Trinajstić information content (AvgIpc) is 2.46. The van der Waals surface area contributed by atoms with Gasteiger partial charge in [-0.2, -0.15) is 0 Å². The molecule has 18 heavy (non-hydrogen) atoms. The van der Waals surface area contributed by atoms with Gasteiger partial charge in [0.2, 0.25) is 5.78 Å². The molecule has 0 saturated carbocycles. The van der Waals surface area contributed by atoms with E-state index in [0.717, 1.165) is 4.90 Å². The number of benzene rings is 2. The Hall–Kier alpha value is -1.58. The van der Waals surface area contributed by atoms with E-state index in [0.29, 0.717) is 5.56 Å². The van der Waals surface area contributed by atoms with Crippen LogP contribution in [-0.4, -0.2) is 18.3 Å². The van der Waals surface area contributed by atoms with Gasteiger partial charge in [-0.3, -0.25) is 4.79 Å². The van der Waals surface area contributed by atoms with Crippen molar-refractivity contribution < 1.29 is 9.53 Å². The SMILES string of the molecule is COC(Sc1ccccc1)C(=O)c1ccccc1. The first-order valence-corrected chi connectivity index (χ1v) is 6.53. The molecule has 92 valence electrons. The zero-order chi connectivity index (χ0) is 12.8. The molecule has 0 N–H and O–H groups in total. The highest BCUT2D eigenvalue weighted by atomic mass is 32.2. The fourth-order valence-electron chi connectivity index (χ4n) is 1.57. The number of ether oxygens (including phenoxy) is 1. The standard InChI is InChI=1S/C15H14O2S/c1-17-15(18-13-10-6-3-7-11-13)14(16)12-8-4-2-5-9-12/h2-11,15H,1H3. The number of hydrogen-bond donors (Lipinski definition) is 0. The van der Waals surface area contributed by atoms with Crippen LogP contribution in [0, 0.1) is 0 Å². The highest BCUT2D eigenvalue weighted by Gasteiger charge is 2.20. The summed E-state index contributed by atoms with van der Waals surface area (Å²) in [4.78, 5) is 13.3. The molecule has 0 aliphatic rings. The van der Waals surface area contributed by atoms with Gasteiger partial charge in [-0.25, -0.2) is 0 Å². The highest BCUT2D eigenvalue weighted by Crippen LogP contribution is 2.25. The normalized spacial score (nSPS) is 12.1. The van der Waals surface area contributed by atoms with Crippen molar-refractivity contribution in [3.05, 3.63) is 66.2 Å². The quantitative estimate of drug-likeness (QED) is 0.465. The van der Waals surface area contributed by atoms with Gasteiger partial charge in [0, 0.05) is 17.6 Å². The first kappa shape index (κ1) is 12.9. The van der Waals surface area contributed by atoms with Crippen molar-refractivity contribution in [3.8, 4) is 0 Å². The number of carbonyl (C=O) groups excluding carboxylic acids is 1. The Kier molecular flexibility index (Phi) is 4.56. The van der Waals surface area contributed by atoms with E-state index in [9.17, 15) is 4.79 Å². The molecule has 0 bridgehead atoms. The van der Waals surface area contributed by atoms with E-state index in [4.69, 9.17) is 4.74 Å². The molecule has 3 heteroatoms. The number of Topliss-reactive ketones (excluding diaryl/α,β-unsaturated/α-hetero) is 1. The Bertz CT molecular complexity index is 496. The predicted octanol–water partition coefficient (Wildman–Crippen LogP) is 3.63. The van der Waals surface area contributed by atoms with Gasteiger partial charge in [-0.1, -0.05) is 60.3 Å². The van der Waals surface area contributed by atoms with Crippen LogP contribution in [0.5, 0.6) is 0 Å². The van der Waals surface area contributed by atoms with Crippen molar-refractivity contribution in [1.29, 1.82) is 0 Å². The molecule has 0 fully saturated rings. The topological polar surface area (TPSA) is 26.3 Å². The maximum Gasteiger partial charge on any atom is 0.202 e. The molecule has 1 unspecified atom stereocenters. The number of methoxy groups -OCH3 is 1. The summed E-state index contributed by atoms with van der Waals surface area (Å²) < 4.78 is 5.28. The van der Waals surface area contributed by atoms with Crippen LogP contribution in [0.2, 0.25) is 0 Å². The smallest absolute Gasteiger partial charge is 0.202 e. The maximum absolute atomic E-state index is 12.2. The van der Waals surface area contributed by atoms with Gasteiger partial charge in [-0.15, -0.1) is 0 Å². The van der Waals surface area contributed by atoms with Gasteiger partial charge in [0.25, 0.3) is 0 Å². The van der Waals surface area contributed by atoms with Crippen LogP contribution in [0.4, 0.5) is 0 Å². The Morgan fingerprint density at radius 3 is 2.11 bits per heavy atom. The van der Waals surface area contributed by atoms with Crippen LogP contribution in [0.25, 0.3) is 0 Å². The first-order valence-electron chi connectivity index (χ1n) is 5.65. The zero-order valence-corrected chi connectivity index (χ0v) is 10.9. The lowest BCUT2D eigenvalue weighted by atomic mass is 10.1. The fraction of sp³-hybridized carbons (Fsp3) is 0.133. The molecule has 0 amide bonds. The number of rotatable bonds is 5. The lowest BCUT2D eigenvalue weighted by Gasteiger charge is -2.13. The van der Waals surface area contributed by atoms with Crippen LogP contribution >= 0.6 is 11.8 Å². The second kappa shape index (κ2) is 6.38. The lowest BCUT2D eigenvalue weighted by Crippen LogP contribution is -2.19. The average molecular weight is 258 g/mol.